The summed E-state index contributed by atoms with van der Waals surface area (Å²) in [6.45, 7) is 0. The normalized spacial score (nSPS) is 11.7. The predicted octanol–water partition coefficient (Wildman–Crippen LogP) is 3.53. The number of amidine groups is 1. The van der Waals surface area contributed by atoms with Crippen molar-refractivity contribution in [1.82, 2.24) is 0 Å². The average Bonchev–Trinajstić information content (AvgIpc) is 2.52. The zero-order valence-electron chi connectivity index (χ0n) is 12.2. The van der Waals surface area contributed by atoms with Crippen molar-refractivity contribution in [2.45, 2.75) is 6.42 Å². The third-order valence-corrected chi connectivity index (χ3v) is 3.16. The minimum absolute atomic E-state index is 0.000649. The second-order valence-corrected chi connectivity index (χ2v) is 5.11. The summed E-state index contributed by atoms with van der Waals surface area (Å²) in [6.07, 6.45) is 3.08. The van der Waals surface area contributed by atoms with Gasteiger partial charge >= 0.3 is 0 Å². The first-order valence-corrected chi connectivity index (χ1v) is 7.21. The lowest BCUT2D eigenvalue weighted by Gasteiger charge is -2.01. The van der Waals surface area contributed by atoms with Crippen molar-refractivity contribution in [3.63, 3.8) is 0 Å². The van der Waals surface area contributed by atoms with Crippen molar-refractivity contribution in [2.75, 3.05) is 5.32 Å². The summed E-state index contributed by atoms with van der Waals surface area (Å²) in [6, 6.07) is 13.6. The first-order valence-electron chi connectivity index (χ1n) is 6.83. The Morgan fingerprint density at radius 3 is 2.70 bits per heavy atom. The van der Waals surface area contributed by atoms with Gasteiger partial charge < -0.3 is 11.1 Å². The Morgan fingerprint density at radius 2 is 2.00 bits per heavy atom. The van der Waals surface area contributed by atoms with E-state index in [2.05, 4.69) is 10.3 Å². The smallest absolute Gasteiger partial charge is 0.252 e. The monoisotopic (exact) mass is 331 g/mol. The lowest BCUT2D eigenvalue weighted by molar-refractivity contribution is -0.117. The third-order valence-electron chi connectivity index (χ3n) is 2.87. The second-order valence-electron chi connectivity index (χ2n) is 4.70. The fourth-order valence-electron chi connectivity index (χ4n) is 1.80. The van der Waals surface area contributed by atoms with E-state index in [0.717, 1.165) is 5.69 Å². The van der Waals surface area contributed by atoms with Crippen LogP contribution in [0.5, 0.6) is 0 Å². The molecule has 0 aliphatic rings. The highest BCUT2D eigenvalue weighted by Crippen LogP contribution is 2.16. The van der Waals surface area contributed by atoms with Gasteiger partial charge in [0.1, 0.15) is 11.7 Å². The topological polar surface area (TPSA) is 67.5 Å². The summed E-state index contributed by atoms with van der Waals surface area (Å²) in [5.74, 6) is -0.887. The summed E-state index contributed by atoms with van der Waals surface area (Å²) in [4.78, 5) is 15.5. The zero-order valence-corrected chi connectivity index (χ0v) is 12.9. The molecule has 0 aliphatic heterocycles. The molecule has 0 fully saturated rings. The number of aliphatic imine (C=N–C) groups is 1. The van der Waals surface area contributed by atoms with E-state index < -0.39 is 11.7 Å². The predicted molar refractivity (Wildman–Crippen MR) is 90.9 cm³/mol. The van der Waals surface area contributed by atoms with Crippen LogP contribution in [-0.4, -0.2) is 11.7 Å². The number of carbonyl (C=O) groups excluding carboxylic acids is 1. The van der Waals surface area contributed by atoms with E-state index in [4.69, 9.17) is 17.3 Å². The van der Waals surface area contributed by atoms with Gasteiger partial charge in [0.15, 0.2) is 0 Å². The van der Waals surface area contributed by atoms with Crippen LogP contribution < -0.4 is 11.1 Å². The largest absolute Gasteiger partial charge is 0.384 e. The molecule has 1 amide bonds. The fourth-order valence-corrected chi connectivity index (χ4v) is 2.01. The minimum atomic E-state index is -0.527. The highest BCUT2D eigenvalue weighted by molar-refractivity contribution is 6.30. The van der Waals surface area contributed by atoms with E-state index in [-0.39, 0.29) is 17.3 Å². The second kappa shape index (κ2) is 8.10. The Morgan fingerprint density at radius 1 is 1.26 bits per heavy atom. The van der Waals surface area contributed by atoms with Crippen LogP contribution in [0.3, 0.4) is 0 Å². The Labute approximate surface area is 138 Å². The number of hydrogen-bond acceptors (Lipinski definition) is 2. The molecular formula is C17H15ClFN3O. The summed E-state index contributed by atoms with van der Waals surface area (Å²) in [5.41, 5.74) is 7.13. The zero-order chi connectivity index (χ0) is 16.7. The quantitative estimate of drug-likeness (QED) is 0.650. The number of rotatable bonds is 5. The van der Waals surface area contributed by atoms with E-state index in [1.807, 2.05) is 30.3 Å². The number of para-hydroxylation sites is 1. The molecule has 0 bridgehead atoms. The molecule has 0 heterocycles. The van der Waals surface area contributed by atoms with Gasteiger partial charge in [-0.15, -0.1) is 0 Å². The Kier molecular flexibility index (Phi) is 5.88. The lowest BCUT2D eigenvalue weighted by Crippen LogP contribution is -2.13. The molecule has 0 saturated heterocycles. The van der Waals surface area contributed by atoms with Crippen LogP contribution >= 0.6 is 11.6 Å². The molecule has 0 radical (unpaired) electrons. The molecule has 0 saturated carbocycles. The molecule has 2 aromatic carbocycles. The molecule has 6 heteroatoms. The van der Waals surface area contributed by atoms with Crippen molar-refractivity contribution in [3.05, 3.63) is 77.2 Å². The highest BCUT2D eigenvalue weighted by Gasteiger charge is 2.05. The molecule has 0 aromatic heterocycles. The van der Waals surface area contributed by atoms with E-state index >= 15 is 0 Å². The number of amides is 1. The molecule has 0 spiro atoms. The molecule has 3 N–H and O–H groups in total. The van der Waals surface area contributed by atoms with Crippen LogP contribution in [0.15, 0.2) is 65.8 Å². The van der Waals surface area contributed by atoms with E-state index in [9.17, 15) is 9.18 Å². The molecule has 4 nitrogen and oxygen atoms in total. The number of anilines is 1. The Hall–Kier alpha value is -2.66. The number of halogens is 2. The molecule has 0 aliphatic carbocycles. The van der Waals surface area contributed by atoms with Crippen molar-refractivity contribution in [1.29, 1.82) is 0 Å². The van der Waals surface area contributed by atoms with Gasteiger partial charge in [-0.2, -0.15) is 4.99 Å². The maximum Gasteiger partial charge on any atom is 0.252 e. The number of nitrogens with two attached hydrogens (primary N) is 1. The highest BCUT2D eigenvalue weighted by atomic mass is 35.5. The molecule has 0 unspecified atom stereocenters. The Bertz CT molecular complexity index is 745. The molecule has 118 valence electrons. The summed E-state index contributed by atoms with van der Waals surface area (Å²) >= 11 is 5.66. The van der Waals surface area contributed by atoms with Crippen LogP contribution in [0.1, 0.15) is 5.56 Å². The number of nitrogens with one attached hydrogen (secondary N) is 1. The first-order chi connectivity index (χ1) is 11.0. The van der Waals surface area contributed by atoms with Crippen LogP contribution in [0.4, 0.5) is 10.1 Å². The molecule has 23 heavy (non-hydrogen) atoms. The van der Waals surface area contributed by atoms with Gasteiger partial charge in [-0.05, 0) is 35.9 Å². The summed E-state index contributed by atoms with van der Waals surface area (Å²) < 4.78 is 13.0. The number of benzene rings is 2. The molecule has 2 aromatic rings. The van der Waals surface area contributed by atoms with Gasteiger partial charge in [-0.3, -0.25) is 4.79 Å². The summed E-state index contributed by atoms with van der Waals surface area (Å²) in [7, 11) is 0. The number of carbonyl (C=O) groups is 1. The van der Waals surface area contributed by atoms with Crippen LogP contribution in [0.2, 0.25) is 5.02 Å². The van der Waals surface area contributed by atoms with Crippen LogP contribution in [0.25, 0.3) is 0 Å². The summed E-state index contributed by atoms with van der Waals surface area (Å²) in [5, 5.41) is 2.97. The van der Waals surface area contributed by atoms with Gasteiger partial charge in [0, 0.05) is 11.9 Å². The van der Waals surface area contributed by atoms with Crippen molar-refractivity contribution >= 4 is 29.0 Å². The number of nitrogens with zero attached hydrogens (tertiary/aromatic N) is 1. The lowest BCUT2D eigenvalue weighted by atomic mass is 10.1. The van der Waals surface area contributed by atoms with E-state index in [1.54, 1.807) is 6.20 Å². The van der Waals surface area contributed by atoms with Crippen molar-refractivity contribution in [3.8, 4) is 0 Å². The van der Waals surface area contributed by atoms with Crippen molar-refractivity contribution in [2.24, 2.45) is 10.7 Å². The van der Waals surface area contributed by atoms with Crippen molar-refractivity contribution < 1.29 is 9.18 Å². The van der Waals surface area contributed by atoms with E-state index in [1.165, 1.54) is 24.3 Å². The van der Waals surface area contributed by atoms with Gasteiger partial charge in [0.2, 0.25) is 0 Å². The maximum atomic E-state index is 13.0. The molecule has 2 rings (SSSR count). The maximum absolute atomic E-state index is 13.0. The van der Waals surface area contributed by atoms with Gasteiger partial charge in [0.25, 0.3) is 5.91 Å². The Balaban J connectivity index is 1.91. The average molecular weight is 332 g/mol. The van der Waals surface area contributed by atoms with Crippen LogP contribution in [0, 0.1) is 5.82 Å². The van der Waals surface area contributed by atoms with Crippen LogP contribution in [-0.2, 0) is 11.2 Å². The SMILES string of the molecule is NC(/C=C\Nc1ccccc1)=NC(=O)Cc1ccc(F)c(Cl)c1. The minimum Gasteiger partial charge on any atom is -0.384 e. The number of hydrogen-bond donors (Lipinski definition) is 2. The van der Waals surface area contributed by atoms with Gasteiger partial charge in [-0.25, -0.2) is 4.39 Å². The first kappa shape index (κ1) is 16.7. The third kappa shape index (κ3) is 5.56. The fraction of sp³-hybridized carbons (Fsp3) is 0.0588. The molecular weight excluding hydrogens is 317 g/mol. The van der Waals surface area contributed by atoms with Gasteiger partial charge in [-0.1, -0.05) is 35.9 Å². The molecule has 0 atom stereocenters. The standard InChI is InChI=1S/C17H15ClFN3O/c18-14-10-12(6-7-15(14)19)11-17(23)22-16(20)8-9-21-13-4-2-1-3-5-13/h1-10,21H,11H2,(H2,20,22,23)/b9-8-. The van der Waals surface area contributed by atoms with E-state index in [0.29, 0.717) is 5.56 Å². The van der Waals surface area contributed by atoms with Gasteiger partial charge in [0.05, 0.1) is 11.4 Å².